The standard InChI is InChI=1S/C12H10O3S.C12H10.Mg.2H/c1-2-9-7-8-10-5-3-4-6-11(10)12(9)16(13,14)15;1-2-10-7-5-8-11-6-3-4-9-12(10)11;;;/h2-8H,1H2,(H,13,14,15);2-9H,1H2;;;/q;;+2;2*-1. The third kappa shape index (κ3) is 5.13. The summed E-state index contributed by atoms with van der Waals surface area (Å²) in [7, 11) is -4.24. The molecule has 0 aliphatic heterocycles. The maximum Gasteiger partial charge on any atom is 2.00 e. The van der Waals surface area contributed by atoms with Gasteiger partial charge >= 0.3 is 23.1 Å². The molecule has 0 radical (unpaired) electrons. The second-order valence-electron chi connectivity index (χ2n) is 6.16. The quantitative estimate of drug-likeness (QED) is 0.327. The topological polar surface area (TPSA) is 54.4 Å². The summed E-state index contributed by atoms with van der Waals surface area (Å²) in [6.07, 6.45) is 3.30. The Hall–Kier alpha value is -2.44. The molecular weight excluding hydrogens is 393 g/mol. The summed E-state index contributed by atoms with van der Waals surface area (Å²) >= 11 is 0. The van der Waals surface area contributed by atoms with E-state index < -0.39 is 10.1 Å². The summed E-state index contributed by atoms with van der Waals surface area (Å²) in [6, 6.07) is 25.0. The molecule has 29 heavy (non-hydrogen) atoms. The van der Waals surface area contributed by atoms with Crippen LogP contribution in [0.1, 0.15) is 14.0 Å². The molecule has 0 spiro atoms. The monoisotopic (exact) mass is 414 g/mol. The molecule has 0 bridgehead atoms. The first-order chi connectivity index (χ1) is 13.5. The van der Waals surface area contributed by atoms with Gasteiger partial charge in [0.15, 0.2) is 0 Å². The molecule has 0 atom stereocenters. The summed E-state index contributed by atoms with van der Waals surface area (Å²) in [6.45, 7) is 7.32. The number of rotatable bonds is 3. The number of hydrogen-bond acceptors (Lipinski definition) is 2. The normalized spacial score (nSPS) is 10.5. The second kappa shape index (κ2) is 9.85. The molecule has 0 aliphatic carbocycles. The zero-order valence-electron chi connectivity index (χ0n) is 18.0. The smallest absolute Gasteiger partial charge is 1.00 e. The van der Waals surface area contributed by atoms with E-state index in [2.05, 4.69) is 55.6 Å². The first-order valence-corrected chi connectivity index (χ1v) is 10.1. The van der Waals surface area contributed by atoms with Gasteiger partial charge in [-0.3, -0.25) is 4.55 Å². The number of hydrogen-bond donors (Lipinski definition) is 1. The molecule has 0 aromatic heterocycles. The molecule has 0 fully saturated rings. The van der Waals surface area contributed by atoms with Crippen molar-refractivity contribution in [3.63, 3.8) is 0 Å². The molecule has 4 rings (SSSR count). The predicted molar refractivity (Wildman–Crippen MR) is 126 cm³/mol. The van der Waals surface area contributed by atoms with E-state index >= 15 is 0 Å². The van der Waals surface area contributed by atoms with Gasteiger partial charge in [0.2, 0.25) is 0 Å². The molecular formula is C24H22MgO3S. The first kappa shape index (κ1) is 22.8. The zero-order valence-corrected chi connectivity index (χ0v) is 18.2. The second-order valence-corrected chi connectivity index (χ2v) is 7.52. The van der Waals surface area contributed by atoms with Gasteiger partial charge in [-0.2, -0.15) is 8.42 Å². The van der Waals surface area contributed by atoms with Gasteiger partial charge in [-0.1, -0.05) is 104 Å². The molecule has 144 valence electrons. The molecule has 0 heterocycles. The van der Waals surface area contributed by atoms with Gasteiger partial charge < -0.3 is 2.85 Å². The van der Waals surface area contributed by atoms with Crippen molar-refractivity contribution in [2.24, 2.45) is 0 Å². The van der Waals surface area contributed by atoms with Crippen LogP contribution in [0.15, 0.2) is 96.9 Å². The summed E-state index contributed by atoms with van der Waals surface area (Å²) in [5.74, 6) is 0. The molecule has 1 N–H and O–H groups in total. The Balaban J connectivity index is 0.000000545. The first-order valence-electron chi connectivity index (χ1n) is 8.67. The molecule has 0 saturated carbocycles. The fourth-order valence-corrected chi connectivity index (χ4v) is 4.05. The molecule has 4 aromatic rings. The van der Waals surface area contributed by atoms with Crippen LogP contribution in [0.3, 0.4) is 0 Å². The van der Waals surface area contributed by atoms with Crippen molar-refractivity contribution in [1.29, 1.82) is 0 Å². The van der Waals surface area contributed by atoms with Gasteiger partial charge in [-0.15, -0.1) is 0 Å². The van der Waals surface area contributed by atoms with Crippen molar-refractivity contribution < 1.29 is 15.8 Å². The zero-order chi connectivity index (χ0) is 20.1. The van der Waals surface area contributed by atoms with Crippen molar-refractivity contribution in [2.75, 3.05) is 0 Å². The van der Waals surface area contributed by atoms with E-state index in [9.17, 15) is 13.0 Å². The summed E-state index contributed by atoms with van der Waals surface area (Å²) in [5, 5.41) is 3.81. The fraction of sp³-hybridized carbons (Fsp3) is 0. The van der Waals surface area contributed by atoms with Gasteiger partial charge in [-0.25, -0.2) is 0 Å². The van der Waals surface area contributed by atoms with Crippen LogP contribution >= 0.6 is 0 Å². The van der Waals surface area contributed by atoms with Gasteiger partial charge in [-0.05, 0) is 27.3 Å². The molecule has 5 heteroatoms. The Labute approximate surface area is 190 Å². The van der Waals surface area contributed by atoms with Gasteiger partial charge in [0, 0.05) is 5.39 Å². The van der Waals surface area contributed by atoms with Crippen molar-refractivity contribution in [2.45, 2.75) is 4.90 Å². The third-order valence-electron chi connectivity index (χ3n) is 4.43. The SMILES string of the molecule is C=Cc1ccc2ccccc2c1S(=O)(=O)O.C=Cc1cccc2ccccc12.[H-].[H-].[Mg+2]. The summed E-state index contributed by atoms with van der Waals surface area (Å²) < 4.78 is 31.9. The molecule has 0 amide bonds. The van der Waals surface area contributed by atoms with Crippen molar-refractivity contribution in [3.8, 4) is 0 Å². The molecule has 4 aromatic carbocycles. The van der Waals surface area contributed by atoms with Crippen molar-refractivity contribution >= 4 is 66.9 Å². The minimum atomic E-state index is -4.24. The Morgan fingerprint density at radius 3 is 1.79 bits per heavy atom. The molecule has 3 nitrogen and oxygen atoms in total. The third-order valence-corrected chi connectivity index (χ3v) is 5.40. The van der Waals surface area contributed by atoms with Crippen molar-refractivity contribution in [1.82, 2.24) is 0 Å². The van der Waals surface area contributed by atoms with Gasteiger partial charge in [0.05, 0.1) is 0 Å². The minimum Gasteiger partial charge on any atom is -1.00 e. The van der Waals surface area contributed by atoms with E-state index in [0.29, 0.717) is 10.9 Å². The van der Waals surface area contributed by atoms with Crippen LogP contribution in [0.4, 0.5) is 0 Å². The largest absolute Gasteiger partial charge is 2.00 e. The van der Waals surface area contributed by atoms with E-state index in [4.69, 9.17) is 0 Å². The Kier molecular flexibility index (Phi) is 7.76. The van der Waals surface area contributed by atoms with Crippen molar-refractivity contribution in [3.05, 3.63) is 103 Å². The summed E-state index contributed by atoms with van der Waals surface area (Å²) in [4.78, 5) is -0.0828. The average molecular weight is 415 g/mol. The van der Waals surface area contributed by atoms with Crippen LogP contribution in [0.2, 0.25) is 0 Å². The van der Waals surface area contributed by atoms with Crippen LogP contribution in [0.5, 0.6) is 0 Å². The Morgan fingerprint density at radius 1 is 0.690 bits per heavy atom. The van der Waals surface area contributed by atoms with Crippen LogP contribution in [0.25, 0.3) is 33.7 Å². The van der Waals surface area contributed by atoms with E-state index in [1.165, 1.54) is 22.4 Å². The fourth-order valence-electron chi connectivity index (χ4n) is 3.14. The van der Waals surface area contributed by atoms with Crippen LogP contribution in [-0.4, -0.2) is 36.0 Å². The molecule has 0 unspecified atom stereocenters. The van der Waals surface area contributed by atoms with Crippen LogP contribution in [-0.2, 0) is 10.1 Å². The number of benzene rings is 4. The average Bonchev–Trinajstić information content (AvgIpc) is 2.72. The van der Waals surface area contributed by atoms with Crippen LogP contribution in [0, 0.1) is 0 Å². The van der Waals surface area contributed by atoms with E-state index in [1.807, 2.05) is 12.1 Å². The maximum atomic E-state index is 11.3. The van der Waals surface area contributed by atoms with E-state index in [1.54, 1.807) is 30.3 Å². The number of fused-ring (bicyclic) bond motifs is 2. The Morgan fingerprint density at radius 2 is 1.21 bits per heavy atom. The van der Waals surface area contributed by atoms with Gasteiger partial charge in [0.25, 0.3) is 10.1 Å². The van der Waals surface area contributed by atoms with Crippen LogP contribution < -0.4 is 0 Å². The Bertz CT molecular complexity index is 1280. The summed E-state index contributed by atoms with van der Waals surface area (Å²) in [5.41, 5.74) is 1.61. The minimum absolute atomic E-state index is 0. The van der Waals surface area contributed by atoms with E-state index in [0.717, 1.165) is 5.39 Å². The molecule has 0 aliphatic rings. The molecule has 0 saturated heterocycles. The maximum absolute atomic E-state index is 11.3. The predicted octanol–water partition coefficient (Wildman–Crippen LogP) is 6.06. The van der Waals surface area contributed by atoms with Gasteiger partial charge in [0.1, 0.15) is 4.90 Å². The van der Waals surface area contributed by atoms with E-state index in [-0.39, 0.29) is 30.8 Å².